The van der Waals surface area contributed by atoms with Gasteiger partial charge in [-0.25, -0.2) is 9.97 Å². The summed E-state index contributed by atoms with van der Waals surface area (Å²) in [6.07, 6.45) is 8.16. The standard InChI is InChI=1S/C29H31ClN6O2/c1-35(2)21-10-5-18(6-11-21)25-17-36-26(16-32-28(36)27(34-25)31-15-22-4-3-13-38-22)19-7-12-23(24(30)14-19)29(37)33-20-8-9-20/h5-7,10-12,14,16-17,20,22H,3-4,8-9,13,15H2,1-2H3,(H,31,34)(H,33,37). The molecule has 1 amide bonds. The topological polar surface area (TPSA) is 83.8 Å². The van der Waals surface area contributed by atoms with E-state index in [0.29, 0.717) is 22.9 Å². The van der Waals surface area contributed by atoms with Crippen molar-refractivity contribution in [2.24, 2.45) is 0 Å². The molecule has 0 spiro atoms. The molecule has 2 fully saturated rings. The minimum Gasteiger partial charge on any atom is -0.378 e. The fourth-order valence-electron chi connectivity index (χ4n) is 4.76. The quantitative estimate of drug-likeness (QED) is 0.323. The van der Waals surface area contributed by atoms with Crippen molar-refractivity contribution < 1.29 is 9.53 Å². The second-order valence-corrected chi connectivity index (χ2v) is 10.6. The van der Waals surface area contributed by atoms with Gasteiger partial charge in [-0.05, 0) is 49.9 Å². The number of hydrogen-bond acceptors (Lipinski definition) is 6. The molecule has 1 saturated heterocycles. The van der Waals surface area contributed by atoms with Crippen molar-refractivity contribution in [2.75, 3.05) is 37.5 Å². The van der Waals surface area contributed by atoms with Gasteiger partial charge >= 0.3 is 0 Å². The summed E-state index contributed by atoms with van der Waals surface area (Å²) in [4.78, 5) is 24.3. The highest BCUT2D eigenvalue weighted by Crippen LogP contribution is 2.31. The average molecular weight is 531 g/mol. The molecule has 9 heteroatoms. The lowest BCUT2D eigenvalue weighted by Crippen LogP contribution is -2.25. The van der Waals surface area contributed by atoms with Gasteiger partial charge in [0.15, 0.2) is 11.5 Å². The van der Waals surface area contributed by atoms with Crippen LogP contribution < -0.4 is 15.5 Å². The third kappa shape index (κ3) is 5.06. The van der Waals surface area contributed by atoms with E-state index in [1.807, 2.05) is 43.0 Å². The molecule has 0 bridgehead atoms. The van der Waals surface area contributed by atoms with Crippen molar-refractivity contribution in [3.63, 3.8) is 0 Å². The number of hydrogen-bond donors (Lipinski definition) is 2. The minimum atomic E-state index is -0.129. The van der Waals surface area contributed by atoms with Gasteiger partial charge in [-0.15, -0.1) is 0 Å². The fraction of sp³-hybridized carbons (Fsp3) is 0.345. The van der Waals surface area contributed by atoms with E-state index >= 15 is 0 Å². The molecule has 196 valence electrons. The van der Waals surface area contributed by atoms with Crippen molar-refractivity contribution in [1.82, 2.24) is 19.7 Å². The molecule has 3 heterocycles. The lowest BCUT2D eigenvalue weighted by Gasteiger charge is -2.15. The largest absolute Gasteiger partial charge is 0.378 e. The highest BCUT2D eigenvalue weighted by molar-refractivity contribution is 6.34. The van der Waals surface area contributed by atoms with Crippen molar-refractivity contribution in [3.8, 4) is 22.5 Å². The smallest absolute Gasteiger partial charge is 0.253 e. The summed E-state index contributed by atoms with van der Waals surface area (Å²) in [6, 6.07) is 14.1. The molecule has 4 aromatic rings. The number of halogens is 1. The van der Waals surface area contributed by atoms with Gasteiger partial charge in [-0.3, -0.25) is 9.20 Å². The average Bonchev–Trinajstić information content (AvgIpc) is 3.38. The molecule has 1 saturated carbocycles. The lowest BCUT2D eigenvalue weighted by atomic mass is 10.1. The van der Waals surface area contributed by atoms with E-state index in [4.69, 9.17) is 26.3 Å². The summed E-state index contributed by atoms with van der Waals surface area (Å²) in [5, 5.41) is 6.91. The molecule has 2 N–H and O–H groups in total. The first-order valence-electron chi connectivity index (χ1n) is 13.1. The molecule has 1 aliphatic heterocycles. The van der Waals surface area contributed by atoms with E-state index < -0.39 is 0 Å². The van der Waals surface area contributed by atoms with Crippen LogP contribution in [0.4, 0.5) is 11.5 Å². The van der Waals surface area contributed by atoms with E-state index in [2.05, 4.69) is 39.8 Å². The van der Waals surface area contributed by atoms with Crippen LogP contribution in [0.1, 0.15) is 36.0 Å². The van der Waals surface area contributed by atoms with E-state index in [1.54, 1.807) is 6.07 Å². The summed E-state index contributed by atoms with van der Waals surface area (Å²) in [6.45, 7) is 1.47. The molecule has 38 heavy (non-hydrogen) atoms. The molecule has 2 aromatic heterocycles. The molecular weight excluding hydrogens is 500 g/mol. The highest BCUT2D eigenvalue weighted by Gasteiger charge is 2.25. The number of carbonyl (C=O) groups is 1. The van der Waals surface area contributed by atoms with Crippen LogP contribution in [0.2, 0.25) is 5.02 Å². The predicted octanol–water partition coefficient (Wildman–Crippen LogP) is 5.27. The zero-order valence-corrected chi connectivity index (χ0v) is 22.3. The lowest BCUT2D eigenvalue weighted by molar-refractivity contribution is 0.0951. The van der Waals surface area contributed by atoms with Crippen LogP contribution >= 0.6 is 11.6 Å². The number of amides is 1. The number of aromatic nitrogens is 3. The Labute approximate surface area is 227 Å². The van der Waals surface area contributed by atoms with Gasteiger partial charge in [0, 0.05) is 56.3 Å². The minimum absolute atomic E-state index is 0.129. The molecule has 1 atom stereocenters. The third-order valence-corrected chi connectivity index (χ3v) is 7.43. The number of nitrogens with one attached hydrogen (secondary N) is 2. The number of ether oxygens (including phenoxy) is 1. The SMILES string of the molecule is CN(C)c1ccc(-c2cn3c(-c4ccc(C(=O)NC5CC5)c(Cl)c4)cnc3c(NCC3CCCO3)n2)cc1. The Kier molecular flexibility index (Phi) is 6.68. The van der Waals surface area contributed by atoms with Crippen LogP contribution in [0.3, 0.4) is 0 Å². The van der Waals surface area contributed by atoms with Crippen LogP contribution in [0.5, 0.6) is 0 Å². The molecule has 1 unspecified atom stereocenters. The fourth-order valence-corrected chi connectivity index (χ4v) is 5.02. The van der Waals surface area contributed by atoms with E-state index in [1.165, 1.54) is 0 Å². The van der Waals surface area contributed by atoms with Gasteiger partial charge < -0.3 is 20.3 Å². The van der Waals surface area contributed by atoms with Gasteiger partial charge in [0.1, 0.15) is 0 Å². The summed E-state index contributed by atoms with van der Waals surface area (Å²) < 4.78 is 7.85. The Balaban J connectivity index is 1.39. The first kappa shape index (κ1) is 24.7. The number of anilines is 2. The zero-order chi connectivity index (χ0) is 26.2. The number of carbonyl (C=O) groups excluding carboxylic acids is 1. The number of benzene rings is 2. The Morgan fingerprint density at radius 1 is 1.13 bits per heavy atom. The van der Waals surface area contributed by atoms with Crippen molar-refractivity contribution >= 4 is 34.7 Å². The first-order valence-corrected chi connectivity index (χ1v) is 13.5. The van der Waals surface area contributed by atoms with Crippen LogP contribution in [-0.2, 0) is 4.74 Å². The Morgan fingerprint density at radius 3 is 2.61 bits per heavy atom. The maximum Gasteiger partial charge on any atom is 0.253 e. The zero-order valence-electron chi connectivity index (χ0n) is 21.6. The normalized spacial score (nSPS) is 17.1. The van der Waals surface area contributed by atoms with Crippen LogP contribution in [0, 0.1) is 0 Å². The van der Waals surface area contributed by atoms with Crippen molar-refractivity contribution in [3.05, 3.63) is 65.4 Å². The van der Waals surface area contributed by atoms with Crippen LogP contribution in [0.25, 0.3) is 28.2 Å². The number of rotatable bonds is 8. The maximum absolute atomic E-state index is 12.6. The Hall–Kier alpha value is -3.62. The molecule has 2 aliphatic rings. The second kappa shape index (κ2) is 10.3. The van der Waals surface area contributed by atoms with E-state index in [0.717, 1.165) is 66.1 Å². The van der Waals surface area contributed by atoms with E-state index in [9.17, 15) is 4.79 Å². The van der Waals surface area contributed by atoms with Crippen LogP contribution in [0.15, 0.2) is 54.9 Å². The molecule has 6 rings (SSSR count). The Morgan fingerprint density at radius 2 is 1.92 bits per heavy atom. The Bertz CT molecular complexity index is 1470. The number of fused-ring (bicyclic) bond motifs is 1. The van der Waals surface area contributed by atoms with Gasteiger partial charge in [0.05, 0.1) is 34.3 Å². The monoisotopic (exact) mass is 530 g/mol. The van der Waals surface area contributed by atoms with Gasteiger partial charge in [-0.2, -0.15) is 0 Å². The maximum atomic E-state index is 12.6. The summed E-state index contributed by atoms with van der Waals surface area (Å²) in [5.41, 5.74) is 5.89. The first-order chi connectivity index (χ1) is 18.5. The molecular formula is C29H31ClN6O2. The van der Waals surface area contributed by atoms with Crippen LogP contribution in [-0.4, -0.2) is 59.7 Å². The van der Waals surface area contributed by atoms with Gasteiger partial charge in [0.25, 0.3) is 5.91 Å². The predicted molar refractivity (Wildman–Crippen MR) is 151 cm³/mol. The highest BCUT2D eigenvalue weighted by atomic mass is 35.5. The molecule has 8 nitrogen and oxygen atoms in total. The second-order valence-electron chi connectivity index (χ2n) is 10.2. The summed E-state index contributed by atoms with van der Waals surface area (Å²) >= 11 is 6.58. The number of nitrogens with zero attached hydrogens (tertiary/aromatic N) is 4. The molecule has 0 radical (unpaired) electrons. The molecule has 1 aliphatic carbocycles. The van der Waals surface area contributed by atoms with Crippen molar-refractivity contribution in [1.29, 1.82) is 0 Å². The number of imidazole rings is 1. The summed E-state index contributed by atoms with van der Waals surface area (Å²) in [5.74, 6) is 0.572. The van der Waals surface area contributed by atoms with Gasteiger partial charge in [0.2, 0.25) is 0 Å². The molecule has 2 aromatic carbocycles. The van der Waals surface area contributed by atoms with E-state index in [-0.39, 0.29) is 18.1 Å². The van der Waals surface area contributed by atoms with Crippen molar-refractivity contribution in [2.45, 2.75) is 37.8 Å². The van der Waals surface area contributed by atoms with Gasteiger partial charge in [-0.1, -0.05) is 29.8 Å². The third-order valence-electron chi connectivity index (χ3n) is 7.11. The summed E-state index contributed by atoms with van der Waals surface area (Å²) in [7, 11) is 4.05.